The minimum absolute atomic E-state index is 0.113. The molecule has 0 atom stereocenters. The van der Waals surface area contributed by atoms with E-state index in [0.717, 1.165) is 0 Å². The quantitative estimate of drug-likeness (QED) is 0.895. The predicted molar refractivity (Wildman–Crippen MR) is 89.0 cm³/mol. The zero-order valence-corrected chi connectivity index (χ0v) is 13.5. The Balaban J connectivity index is 1.87. The van der Waals surface area contributed by atoms with Crippen LogP contribution in [0.25, 0.3) is 0 Å². The number of benzene rings is 2. The van der Waals surface area contributed by atoms with Crippen LogP contribution in [0.4, 0.5) is 4.39 Å². The number of hydrogen-bond donors (Lipinski definition) is 2. The molecular weight excluding hydrogens is 325 g/mol. The van der Waals surface area contributed by atoms with Gasteiger partial charge in [-0.2, -0.15) is 0 Å². The monoisotopic (exact) mass is 343 g/mol. The number of halogens is 1. The van der Waals surface area contributed by atoms with Gasteiger partial charge in [0.1, 0.15) is 5.82 Å². The highest BCUT2D eigenvalue weighted by Gasteiger charge is 2.36. The van der Waals surface area contributed by atoms with E-state index in [9.17, 15) is 14.0 Å². The lowest BCUT2D eigenvalue weighted by Gasteiger charge is -2.38. The third kappa shape index (κ3) is 3.69. The van der Waals surface area contributed by atoms with Crippen LogP contribution >= 0.6 is 0 Å². The summed E-state index contributed by atoms with van der Waals surface area (Å²) in [5, 5.41) is 11.9. The molecule has 0 saturated carbocycles. The van der Waals surface area contributed by atoms with Crippen LogP contribution < -0.4 is 5.32 Å². The van der Waals surface area contributed by atoms with Crippen molar-refractivity contribution in [1.82, 2.24) is 5.32 Å². The van der Waals surface area contributed by atoms with Crippen molar-refractivity contribution < 1.29 is 23.8 Å². The van der Waals surface area contributed by atoms with Gasteiger partial charge < -0.3 is 15.2 Å². The first-order valence-electron chi connectivity index (χ1n) is 8.00. The Kier molecular flexibility index (Phi) is 4.81. The Morgan fingerprint density at radius 1 is 1.04 bits per heavy atom. The van der Waals surface area contributed by atoms with Gasteiger partial charge in [-0.05, 0) is 54.8 Å². The summed E-state index contributed by atoms with van der Waals surface area (Å²) < 4.78 is 19.1. The summed E-state index contributed by atoms with van der Waals surface area (Å²) in [6.07, 6.45) is 1.07. The van der Waals surface area contributed by atoms with E-state index in [1.165, 1.54) is 36.4 Å². The van der Waals surface area contributed by atoms with Crippen molar-refractivity contribution in [3.05, 3.63) is 71.0 Å². The molecule has 0 unspecified atom stereocenters. The summed E-state index contributed by atoms with van der Waals surface area (Å²) in [4.78, 5) is 23.6. The molecule has 25 heavy (non-hydrogen) atoms. The van der Waals surface area contributed by atoms with Crippen LogP contribution in [0.15, 0.2) is 48.5 Å². The molecule has 0 aromatic heterocycles. The molecule has 0 bridgehead atoms. The van der Waals surface area contributed by atoms with E-state index in [1.807, 2.05) is 0 Å². The van der Waals surface area contributed by atoms with E-state index in [0.29, 0.717) is 37.2 Å². The first-order chi connectivity index (χ1) is 12.0. The van der Waals surface area contributed by atoms with Crippen LogP contribution in [0.5, 0.6) is 0 Å². The van der Waals surface area contributed by atoms with Gasteiger partial charge in [-0.25, -0.2) is 9.18 Å². The molecular formula is C19H18FNO4. The van der Waals surface area contributed by atoms with Gasteiger partial charge in [0.25, 0.3) is 5.91 Å². The summed E-state index contributed by atoms with van der Waals surface area (Å²) in [7, 11) is 0. The highest BCUT2D eigenvalue weighted by Crippen LogP contribution is 2.33. The topological polar surface area (TPSA) is 75.6 Å². The molecule has 1 fully saturated rings. The van der Waals surface area contributed by atoms with E-state index in [4.69, 9.17) is 9.84 Å². The van der Waals surface area contributed by atoms with Crippen LogP contribution in [0.3, 0.4) is 0 Å². The summed E-state index contributed by atoms with van der Waals surface area (Å²) in [6, 6.07) is 11.9. The standard InChI is InChI=1S/C19H18FNO4/c20-16-3-1-2-15(12-16)19(8-10-25-11-9-19)21-17(22)13-4-6-14(7-5-13)18(23)24/h1-7,12H,8-11H2,(H,21,22)(H,23,24). The Morgan fingerprint density at radius 3 is 2.28 bits per heavy atom. The second-order valence-electron chi connectivity index (χ2n) is 6.04. The third-order valence-corrected chi connectivity index (χ3v) is 4.47. The van der Waals surface area contributed by atoms with Crippen LogP contribution in [-0.4, -0.2) is 30.2 Å². The number of ether oxygens (including phenoxy) is 1. The maximum atomic E-state index is 13.7. The SMILES string of the molecule is O=C(O)c1ccc(C(=O)NC2(c3cccc(F)c3)CCOCC2)cc1. The van der Waals surface area contributed by atoms with Gasteiger partial charge in [-0.15, -0.1) is 0 Å². The van der Waals surface area contributed by atoms with Crippen molar-refractivity contribution in [3.63, 3.8) is 0 Å². The molecule has 1 heterocycles. The number of hydrogen-bond acceptors (Lipinski definition) is 3. The van der Waals surface area contributed by atoms with Crippen molar-refractivity contribution in [1.29, 1.82) is 0 Å². The summed E-state index contributed by atoms with van der Waals surface area (Å²) in [5.41, 5.74) is 0.462. The average Bonchev–Trinajstić information content (AvgIpc) is 2.62. The molecule has 2 aromatic rings. The molecule has 3 rings (SSSR count). The summed E-state index contributed by atoms with van der Waals surface area (Å²) >= 11 is 0. The number of aromatic carboxylic acids is 1. The Morgan fingerprint density at radius 2 is 1.68 bits per heavy atom. The minimum Gasteiger partial charge on any atom is -0.478 e. The van der Waals surface area contributed by atoms with E-state index in [1.54, 1.807) is 12.1 Å². The molecule has 0 spiro atoms. The van der Waals surface area contributed by atoms with Gasteiger partial charge in [0, 0.05) is 18.8 Å². The Labute approximate surface area is 144 Å². The molecule has 1 amide bonds. The van der Waals surface area contributed by atoms with E-state index >= 15 is 0 Å². The maximum absolute atomic E-state index is 13.7. The molecule has 1 aliphatic rings. The van der Waals surface area contributed by atoms with Crippen LogP contribution in [-0.2, 0) is 10.3 Å². The van der Waals surface area contributed by atoms with E-state index < -0.39 is 11.5 Å². The number of carbonyl (C=O) groups is 2. The minimum atomic E-state index is -1.05. The first kappa shape index (κ1) is 17.1. The van der Waals surface area contributed by atoms with E-state index in [2.05, 4.69) is 5.32 Å². The van der Waals surface area contributed by atoms with Crippen molar-refractivity contribution >= 4 is 11.9 Å². The average molecular weight is 343 g/mol. The Bertz CT molecular complexity index is 782. The van der Waals surface area contributed by atoms with Gasteiger partial charge in [0.15, 0.2) is 0 Å². The second-order valence-corrected chi connectivity index (χ2v) is 6.04. The maximum Gasteiger partial charge on any atom is 0.335 e. The molecule has 2 N–H and O–H groups in total. The van der Waals surface area contributed by atoms with Gasteiger partial charge in [-0.3, -0.25) is 4.79 Å². The zero-order chi connectivity index (χ0) is 17.9. The van der Waals surface area contributed by atoms with Crippen molar-refractivity contribution in [2.24, 2.45) is 0 Å². The molecule has 1 saturated heterocycles. The lowest BCUT2D eigenvalue weighted by molar-refractivity contribution is 0.0344. The lowest BCUT2D eigenvalue weighted by atomic mass is 9.82. The molecule has 0 aliphatic carbocycles. The Hall–Kier alpha value is -2.73. The molecule has 6 heteroatoms. The molecule has 130 valence electrons. The molecule has 1 aliphatic heterocycles. The smallest absolute Gasteiger partial charge is 0.335 e. The van der Waals surface area contributed by atoms with Gasteiger partial charge >= 0.3 is 5.97 Å². The van der Waals surface area contributed by atoms with Gasteiger partial charge in [-0.1, -0.05) is 12.1 Å². The fraction of sp³-hybridized carbons (Fsp3) is 0.263. The highest BCUT2D eigenvalue weighted by molar-refractivity contribution is 5.96. The molecule has 2 aromatic carbocycles. The van der Waals surface area contributed by atoms with Crippen molar-refractivity contribution in [2.45, 2.75) is 18.4 Å². The summed E-state index contributed by atoms with van der Waals surface area (Å²) in [6.45, 7) is 0.934. The number of amides is 1. The van der Waals surface area contributed by atoms with Crippen molar-refractivity contribution in [3.8, 4) is 0 Å². The number of carbonyl (C=O) groups excluding carboxylic acids is 1. The largest absolute Gasteiger partial charge is 0.478 e. The van der Waals surface area contributed by atoms with Gasteiger partial charge in [0.2, 0.25) is 0 Å². The molecule has 0 radical (unpaired) electrons. The second kappa shape index (κ2) is 7.03. The fourth-order valence-corrected chi connectivity index (χ4v) is 3.05. The van der Waals surface area contributed by atoms with Crippen LogP contribution in [0, 0.1) is 5.82 Å². The zero-order valence-electron chi connectivity index (χ0n) is 13.5. The summed E-state index contributed by atoms with van der Waals surface area (Å²) in [5.74, 6) is -1.74. The van der Waals surface area contributed by atoms with Crippen molar-refractivity contribution in [2.75, 3.05) is 13.2 Å². The normalized spacial score (nSPS) is 16.2. The number of carboxylic acid groups (broad SMARTS) is 1. The molecule has 5 nitrogen and oxygen atoms in total. The fourth-order valence-electron chi connectivity index (χ4n) is 3.05. The van der Waals surface area contributed by atoms with Gasteiger partial charge in [0.05, 0.1) is 11.1 Å². The number of nitrogens with one attached hydrogen (secondary N) is 1. The number of carboxylic acids is 1. The highest BCUT2D eigenvalue weighted by atomic mass is 19.1. The number of rotatable bonds is 4. The van der Waals surface area contributed by atoms with Crippen LogP contribution in [0.2, 0.25) is 0 Å². The lowest BCUT2D eigenvalue weighted by Crippen LogP contribution is -2.49. The third-order valence-electron chi connectivity index (χ3n) is 4.47. The van der Waals surface area contributed by atoms with Crippen LogP contribution in [0.1, 0.15) is 39.1 Å². The first-order valence-corrected chi connectivity index (χ1v) is 8.00. The predicted octanol–water partition coefficient (Wildman–Crippen LogP) is 2.96. The van der Waals surface area contributed by atoms with E-state index in [-0.39, 0.29) is 17.3 Å².